The average Bonchev–Trinajstić information content (AvgIpc) is 3.25. The maximum atomic E-state index is 13.4. The molecule has 5 rings (SSSR count). The average molecular weight is 487 g/mol. The SMILES string of the molecule is COc1ccc(NC(=O)Cn2c(C)nc3c(sc4nc(-c5ccccc5)ccc43)c2=O)c(OC)c1. The molecule has 0 aliphatic carbocycles. The fourth-order valence-electron chi connectivity index (χ4n) is 3.90. The lowest BCUT2D eigenvalue weighted by Gasteiger charge is -2.13. The molecule has 1 amide bonds. The van der Waals surface area contributed by atoms with E-state index in [0.717, 1.165) is 21.5 Å². The Bertz CT molecular complexity index is 1630. The van der Waals surface area contributed by atoms with Crippen LogP contribution in [0.5, 0.6) is 11.5 Å². The Morgan fingerprint density at radius 3 is 2.57 bits per heavy atom. The van der Waals surface area contributed by atoms with E-state index in [0.29, 0.717) is 33.2 Å². The first-order valence-corrected chi connectivity index (χ1v) is 11.7. The largest absolute Gasteiger partial charge is 0.497 e. The molecule has 0 spiro atoms. The normalized spacial score (nSPS) is 11.1. The van der Waals surface area contributed by atoms with E-state index in [-0.39, 0.29) is 18.0 Å². The van der Waals surface area contributed by atoms with Crippen LogP contribution in [0.15, 0.2) is 65.5 Å². The monoisotopic (exact) mass is 486 g/mol. The Morgan fingerprint density at radius 2 is 1.83 bits per heavy atom. The maximum Gasteiger partial charge on any atom is 0.272 e. The van der Waals surface area contributed by atoms with Crippen LogP contribution in [0.3, 0.4) is 0 Å². The fraction of sp³-hybridized carbons (Fsp3) is 0.154. The number of aryl methyl sites for hydroxylation is 1. The first kappa shape index (κ1) is 22.5. The van der Waals surface area contributed by atoms with E-state index in [2.05, 4.69) is 10.3 Å². The van der Waals surface area contributed by atoms with E-state index in [1.54, 1.807) is 32.2 Å². The number of fused-ring (bicyclic) bond motifs is 3. The molecule has 0 saturated carbocycles. The van der Waals surface area contributed by atoms with Gasteiger partial charge in [-0.2, -0.15) is 0 Å². The number of hydrogen-bond acceptors (Lipinski definition) is 7. The Balaban J connectivity index is 1.48. The molecular weight excluding hydrogens is 464 g/mol. The zero-order chi connectivity index (χ0) is 24.5. The summed E-state index contributed by atoms with van der Waals surface area (Å²) in [7, 11) is 3.06. The minimum Gasteiger partial charge on any atom is -0.497 e. The Kier molecular flexibility index (Phi) is 5.92. The van der Waals surface area contributed by atoms with Crippen LogP contribution < -0.4 is 20.3 Å². The Morgan fingerprint density at radius 1 is 1.03 bits per heavy atom. The van der Waals surface area contributed by atoms with E-state index < -0.39 is 0 Å². The standard InChI is InChI=1S/C26H22N4O4S/c1-15-27-23-18-10-12-19(16-7-5-4-6-8-16)29-25(18)35-24(23)26(32)30(15)14-22(31)28-20-11-9-17(33-2)13-21(20)34-3/h4-13H,14H2,1-3H3,(H,28,31). The second-order valence-electron chi connectivity index (χ2n) is 7.86. The first-order chi connectivity index (χ1) is 17.0. The zero-order valence-corrected chi connectivity index (χ0v) is 20.2. The zero-order valence-electron chi connectivity index (χ0n) is 19.4. The summed E-state index contributed by atoms with van der Waals surface area (Å²) in [6, 6.07) is 18.8. The van der Waals surface area contributed by atoms with Gasteiger partial charge in [-0.1, -0.05) is 30.3 Å². The third kappa shape index (κ3) is 4.22. The van der Waals surface area contributed by atoms with Crippen molar-refractivity contribution in [3.63, 3.8) is 0 Å². The lowest BCUT2D eigenvalue weighted by molar-refractivity contribution is -0.116. The van der Waals surface area contributed by atoms with Gasteiger partial charge in [-0.25, -0.2) is 9.97 Å². The van der Waals surface area contributed by atoms with Gasteiger partial charge in [0.05, 0.1) is 31.1 Å². The van der Waals surface area contributed by atoms with Gasteiger partial charge in [-0.15, -0.1) is 11.3 Å². The summed E-state index contributed by atoms with van der Waals surface area (Å²) in [5.74, 6) is 1.15. The minimum atomic E-state index is -0.370. The summed E-state index contributed by atoms with van der Waals surface area (Å²) >= 11 is 1.29. The summed E-state index contributed by atoms with van der Waals surface area (Å²) in [4.78, 5) is 36.3. The summed E-state index contributed by atoms with van der Waals surface area (Å²) in [5, 5.41) is 3.62. The number of rotatable bonds is 6. The molecule has 0 fully saturated rings. The lowest BCUT2D eigenvalue weighted by atomic mass is 10.1. The topological polar surface area (TPSA) is 95.3 Å². The molecule has 0 bridgehead atoms. The number of hydrogen-bond donors (Lipinski definition) is 1. The number of anilines is 1. The molecule has 35 heavy (non-hydrogen) atoms. The van der Waals surface area contributed by atoms with Gasteiger partial charge in [0.2, 0.25) is 5.91 Å². The molecule has 176 valence electrons. The van der Waals surface area contributed by atoms with Gasteiger partial charge in [0, 0.05) is 17.0 Å². The molecule has 0 saturated heterocycles. The highest BCUT2D eigenvalue weighted by Gasteiger charge is 2.18. The van der Waals surface area contributed by atoms with Crippen molar-refractivity contribution in [1.29, 1.82) is 0 Å². The number of aromatic nitrogens is 3. The highest BCUT2D eigenvalue weighted by atomic mass is 32.1. The summed E-state index contributed by atoms with van der Waals surface area (Å²) in [5.41, 5.74) is 2.65. The van der Waals surface area contributed by atoms with Crippen molar-refractivity contribution in [2.45, 2.75) is 13.5 Å². The third-order valence-corrected chi connectivity index (χ3v) is 6.76. The fourth-order valence-corrected chi connectivity index (χ4v) is 4.97. The molecule has 9 heteroatoms. The smallest absolute Gasteiger partial charge is 0.272 e. The highest BCUT2D eigenvalue weighted by Crippen LogP contribution is 2.32. The molecular formula is C26H22N4O4S. The van der Waals surface area contributed by atoms with Gasteiger partial charge in [0.15, 0.2) is 0 Å². The first-order valence-electron chi connectivity index (χ1n) is 10.9. The number of carbonyl (C=O) groups excluding carboxylic acids is 1. The molecule has 5 aromatic rings. The molecule has 8 nitrogen and oxygen atoms in total. The van der Waals surface area contributed by atoms with Gasteiger partial charge >= 0.3 is 0 Å². The maximum absolute atomic E-state index is 13.4. The van der Waals surface area contributed by atoms with E-state index in [9.17, 15) is 9.59 Å². The molecule has 0 aliphatic rings. The number of amides is 1. The Labute approximate surface area is 204 Å². The van der Waals surface area contributed by atoms with Crippen LogP contribution in [0.2, 0.25) is 0 Å². The number of methoxy groups -OCH3 is 2. The van der Waals surface area contributed by atoms with Crippen molar-refractivity contribution in [3.8, 4) is 22.8 Å². The van der Waals surface area contributed by atoms with Crippen LogP contribution in [-0.4, -0.2) is 34.7 Å². The molecule has 0 radical (unpaired) electrons. The number of nitrogens with zero attached hydrogens (tertiary/aromatic N) is 3. The second-order valence-corrected chi connectivity index (χ2v) is 8.86. The predicted molar refractivity (Wildman–Crippen MR) is 138 cm³/mol. The predicted octanol–water partition coefficient (Wildman–Crippen LogP) is 4.64. The van der Waals surface area contributed by atoms with Gasteiger partial charge in [0.25, 0.3) is 5.56 Å². The van der Waals surface area contributed by atoms with Gasteiger partial charge in [0.1, 0.15) is 33.4 Å². The van der Waals surface area contributed by atoms with E-state index in [1.807, 2.05) is 42.5 Å². The third-order valence-electron chi connectivity index (χ3n) is 5.69. The van der Waals surface area contributed by atoms with E-state index >= 15 is 0 Å². The molecule has 2 aromatic carbocycles. The van der Waals surface area contributed by atoms with Gasteiger partial charge in [-0.3, -0.25) is 14.2 Å². The van der Waals surface area contributed by atoms with Crippen LogP contribution in [0.1, 0.15) is 5.82 Å². The number of ether oxygens (including phenoxy) is 2. The van der Waals surface area contributed by atoms with Crippen molar-refractivity contribution in [1.82, 2.24) is 14.5 Å². The number of benzene rings is 2. The van der Waals surface area contributed by atoms with Crippen LogP contribution in [0.4, 0.5) is 5.69 Å². The molecule has 3 heterocycles. The van der Waals surface area contributed by atoms with Crippen LogP contribution >= 0.6 is 11.3 Å². The quantitative estimate of drug-likeness (QED) is 0.376. The molecule has 0 atom stereocenters. The van der Waals surface area contributed by atoms with Crippen LogP contribution in [0.25, 0.3) is 31.7 Å². The molecule has 1 N–H and O–H groups in total. The van der Waals surface area contributed by atoms with Crippen molar-refractivity contribution >= 4 is 43.4 Å². The molecule has 0 unspecified atom stereocenters. The van der Waals surface area contributed by atoms with E-state index in [1.165, 1.54) is 23.0 Å². The van der Waals surface area contributed by atoms with Gasteiger partial charge < -0.3 is 14.8 Å². The molecule has 0 aliphatic heterocycles. The number of nitrogens with one attached hydrogen (secondary N) is 1. The van der Waals surface area contributed by atoms with Crippen molar-refractivity contribution in [3.05, 3.63) is 76.8 Å². The molecule has 3 aromatic heterocycles. The van der Waals surface area contributed by atoms with Gasteiger partial charge in [-0.05, 0) is 31.2 Å². The number of carbonyl (C=O) groups is 1. The van der Waals surface area contributed by atoms with Crippen LogP contribution in [0, 0.1) is 6.92 Å². The van der Waals surface area contributed by atoms with E-state index in [4.69, 9.17) is 14.5 Å². The van der Waals surface area contributed by atoms with Crippen molar-refractivity contribution in [2.75, 3.05) is 19.5 Å². The number of thiophene rings is 1. The van der Waals surface area contributed by atoms with Crippen LogP contribution in [-0.2, 0) is 11.3 Å². The van der Waals surface area contributed by atoms with Crippen molar-refractivity contribution in [2.24, 2.45) is 0 Å². The Hall–Kier alpha value is -4.24. The highest BCUT2D eigenvalue weighted by molar-refractivity contribution is 7.25. The lowest BCUT2D eigenvalue weighted by Crippen LogP contribution is -2.29. The minimum absolute atomic E-state index is 0.181. The summed E-state index contributed by atoms with van der Waals surface area (Å²) in [6.45, 7) is 1.54. The van der Waals surface area contributed by atoms with Crippen molar-refractivity contribution < 1.29 is 14.3 Å². The summed E-state index contributed by atoms with van der Waals surface area (Å²) in [6.07, 6.45) is 0. The second kappa shape index (κ2) is 9.19. The number of pyridine rings is 1. The summed E-state index contributed by atoms with van der Waals surface area (Å²) < 4.78 is 12.4.